The molecule has 1 amide bonds. The quantitative estimate of drug-likeness (QED) is 0.539. The third-order valence-electron chi connectivity index (χ3n) is 4.09. The first kappa shape index (κ1) is 20.9. The Morgan fingerprint density at radius 3 is 2.59 bits per heavy atom. The minimum atomic E-state index is 0.0238. The molecule has 2 N–H and O–H groups in total. The molecule has 0 aliphatic carbocycles. The normalized spacial score (nSPS) is 11.3. The van der Waals surface area contributed by atoms with Crippen LogP contribution in [0.3, 0.4) is 0 Å². The second-order valence-electron chi connectivity index (χ2n) is 6.40. The predicted octanol–water partition coefficient (Wildman–Crippen LogP) is 2.36. The number of nitrogens with one attached hydrogen (secondary N) is 2. The van der Waals surface area contributed by atoms with Gasteiger partial charge in [0.05, 0.1) is 5.01 Å². The van der Waals surface area contributed by atoms with Gasteiger partial charge in [-0.3, -0.25) is 9.79 Å². The van der Waals surface area contributed by atoms with E-state index in [2.05, 4.69) is 27.5 Å². The van der Waals surface area contributed by atoms with Crippen LogP contribution in [0.1, 0.15) is 32.7 Å². The topological polar surface area (TPSA) is 69.6 Å². The summed E-state index contributed by atoms with van der Waals surface area (Å²) >= 11 is 1.77. The van der Waals surface area contributed by atoms with Crippen molar-refractivity contribution in [2.75, 3.05) is 34.2 Å². The molecule has 0 aliphatic rings. The fraction of sp³-hybridized carbons (Fsp3) is 0.450. The summed E-state index contributed by atoms with van der Waals surface area (Å²) in [5.41, 5.74) is 1.84. The highest BCUT2D eigenvalue weighted by atomic mass is 32.1. The van der Waals surface area contributed by atoms with Crippen molar-refractivity contribution in [1.82, 2.24) is 20.5 Å². The van der Waals surface area contributed by atoms with E-state index < -0.39 is 0 Å². The van der Waals surface area contributed by atoms with Crippen molar-refractivity contribution >= 4 is 23.2 Å². The Balaban J connectivity index is 1.76. The van der Waals surface area contributed by atoms with Gasteiger partial charge in [-0.05, 0) is 30.5 Å². The minimum absolute atomic E-state index is 0.0238. The fourth-order valence-corrected chi connectivity index (χ4v) is 3.44. The van der Waals surface area contributed by atoms with E-state index in [9.17, 15) is 4.79 Å². The van der Waals surface area contributed by atoms with E-state index >= 15 is 0 Å². The molecule has 0 aliphatic heterocycles. The van der Waals surface area contributed by atoms with Crippen LogP contribution >= 0.6 is 11.3 Å². The van der Waals surface area contributed by atoms with Crippen LogP contribution in [-0.2, 0) is 19.3 Å². The first-order valence-electron chi connectivity index (χ1n) is 9.22. The van der Waals surface area contributed by atoms with Crippen molar-refractivity contribution in [1.29, 1.82) is 0 Å². The number of hydrogen-bond donors (Lipinski definition) is 2. The standard InChI is InChI=1S/C20H29N5OS/c1-5-17-14-24-18(27-17)10-12-23-20(21-2)22-11-9-15-7-6-8-16(13-15)19(26)25(3)4/h6-8,13-14H,5,9-12H2,1-4H3,(H2,21,22,23). The van der Waals surface area contributed by atoms with Gasteiger partial charge in [0.25, 0.3) is 5.91 Å². The van der Waals surface area contributed by atoms with E-state index in [4.69, 9.17) is 0 Å². The van der Waals surface area contributed by atoms with Crippen LogP contribution in [0.15, 0.2) is 35.5 Å². The first-order valence-corrected chi connectivity index (χ1v) is 10.0. The number of aliphatic imine (C=N–C) groups is 1. The highest BCUT2D eigenvalue weighted by molar-refractivity contribution is 7.11. The lowest BCUT2D eigenvalue weighted by molar-refractivity contribution is 0.0827. The highest BCUT2D eigenvalue weighted by Gasteiger charge is 2.08. The predicted molar refractivity (Wildman–Crippen MR) is 113 cm³/mol. The van der Waals surface area contributed by atoms with E-state index in [-0.39, 0.29) is 5.91 Å². The largest absolute Gasteiger partial charge is 0.356 e. The van der Waals surface area contributed by atoms with Crippen LogP contribution in [0.5, 0.6) is 0 Å². The summed E-state index contributed by atoms with van der Waals surface area (Å²) in [6.07, 6.45) is 4.71. The Morgan fingerprint density at radius 2 is 1.96 bits per heavy atom. The van der Waals surface area contributed by atoms with E-state index in [1.165, 1.54) is 4.88 Å². The molecule has 0 bridgehead atoms. The Hall–Kier alpha value is -2.41. The number of carbonyl (C=O) groups is 1. The molecule has 1 aromatic carbocycles. The van der Waals surface area contributed by atoms with Gasteiger partial charge < -0.3 is 15.5 Å². The molecule has 0 fully saturated rings. The van der Waals surface area contributed by atoms with Gasteiger partial charge in [-0.25, -0.2) is 4.98 Å². The van der Waals surface area contributed by atoms with Gasteiger partial charge in [-0.15, -0.1) is 11.3 Å². The molecule has 2 aromatic rings. The number of rotatable bonds is 8. The summed E-state index contributed by atoms with van der Waals surface area (Å²) in [6.45, 7) is 3.69. The summed E-state index contributed by atoms with van der Waals surface area (Å²) < 4.78 is 0. The second-order valence-corrected chi connectivity index (χ2v) is 7.60. The highest BCUT2D eigenvalue weighted by Crippen LogP contribution is 2.13. The zero-order valence-corrected chi connectivity index (χ0v) is 17.4. The van der Waals surface area contributed by atoms with Crippen molar-refractivity contribution < 1.29 is 4.79 Å². The van der Waals surface area contributed by atoms with Crippen molar-refractivity contribution in [3.05, 3.63) is 51.5 Å². The zero-order chi connectivity index (χ0) is 19.6. The molecule has 0 radical (unpaired) electrons. The molecule has 146 valence electrons. The molecule has 7 heteroatoms. The fourth-order valence-electron chi connectivity index (χ4n) is 2.58. The molecule has 0 atom stereocenters. The Kier molecular flexibility index (Phi) is 8.26. The maximum atomic E-state index is 12.1. The smallest absolute Gasteiger partial charge is 0.253 e. The number of nitrogens with zero attached hydrogens (tertiary/aromatic N) is 3. The summed E-state index contributed by atoms with van der Waals surface area (Å²) in [4.78, 5) is 23.7. The molecule has 0 unspecified atom stereocenters. The number of thiazole rings is 1. The van der Waals surface area contributed by atoms with Gasteiger partial charge >= 0.3 is 0 Å². The van der Waals surface area contributed by atoms with Gasteiger partial charge in [-0.1, -0.05) is 19.1 Å². The van der Waals surface area contributed by atoms with Crippen LogP contribution in [0.25, 0.3) is 0 Å². The van der Waals surface area contributed by atoms with Crippen molar-refractivity contribution in [2.45, 2.75) is 26.2 Å². The van der Waals surface area contributed by atoms with Gasteiger partial charge in [-0.2, -0.15) is 0 Å². The first-order chi connectivity index (χ1) is 13.0. The van der Waals surface area contributed by atoms with Crippen molar-refractivity contribution in [2.24, 2.45) is 4.99 Å². The summed E-state index contributed by atoms with van der Waals surface area (Å²) in [6, 6.07) is 7.77. The second kappa shape index (κ2) is 10.7. The van der Waals surface area contributed by atoms with Crippen molar-refractivity contribution in [3.8, 4) is 0 Å². The maximum absolute atomic E-state index is 12.1. The number of amides is 1. The molecule has 0 spiro atoms. The van der Waals surface area contributed by atoms with E-state index in [1.807, 2.05) is 30.5 Å². The Morgan fingerprint density at radius 1 is 1.22 bits per heavy atom. The molecule has 1 aromatic heterocycles. The number of benzene rings is 1. The zero-order valence-electron chi connectivity index (χ0n) is 16.6. The third kappa shape index (κ3) is 6.67. The SMILES string of the molecule is CCc1cnc(CCNC(=NC)NCCc2cccc(C(=O)N(C)C)c2)s1. The summed E-state index contributed by atoms with van der Waals surface area (Å²) in [5, 5.41) is 7.79. The van der Waals surface area contributed by atoms with Gasteiger partial charge in [0.15, 0.2) is 5.96 Å². The Bertz CT molecular complexity index is 769. The molecule has 2 rings (SSSR count). The molecule has 1 heterocycles. The number of hydrogen-bond acceptors (Lipinski definition) is 4. The van der Waals surface area contributed by atoms with Gasteiger partial charge in [0.1, 0.15) is 0 Å². The third-order valence-corrected chi connectivity index (χ3v) is 5.29. The maximum Gasteiger partial charge on any atom is 0.253 e. The molecule has 6 nitrogen and oxygen atoms in total. The molecule has 0 saturated heterocycles. The molecule has 27 heavy (non-hydrogen) atoms. The van der Waals surface area contributed by atoms with E-state index in [0.717, 1.165) is 54.4 Å². The van der Waals surface area contributed by atoms with Crippen LogP contribution in [0.2, 0.25) is 0 Å². The van der Waals surface area contributed by atoms with E-state index in [0.29, 0.717) is 0 Å². The lowest BCUT2D eigenvalue weighted by Crippen LogP contribution is -2.39. The van der Waals surface area contributed by atoms with Crippen LogP contribution in [0.4, 0.5) is 0 Å². The molecular weight excluding hydrogens is 358 g/mol. The van der Waals surface area contributed by atoms with Crippen LogP contribution < -0.4 is 10.6 Å². The Labute approximate surface area is 165 Å². The lowest BCUT2D eigenvalue weighted by atomic mass is 10.1. The van der Waals surface area contributed by atoms with Crippen molar-refractivity contribution in [3.63, 3.8) is 0 Å². The summed E-state index contributed by atoms with van der Waals surface area (Å²) in [7, 11) is 5.30. The molecular formula is C20H29N5OS. The van der Waals surface area contributed by atoms with Gasteiger partial charge in [0, 0.05) is 57.3 Å². The molecule has 0 saturated carbocycles. The monoisotopic (exact) mass is 387 g/mol. The minimum Gasteiger partial charge on any atom is -0.356 e. The van der Waals surface area contributed by atoms with Gasteiger partial charge in [0.2, 0.25) is 0 Å². The van der Waals surface area contributed by atoms with E-state index in [1.54, 1.807) is 37.4 Å². The number of guanidine groups is 1. The van der Waals surface area contributed by atoms with Crippen LogP contribution in [0, 0.1) is 0 Å². The summed E-state index contributed by atoms with van der Waals surface area (Å²) in [5.74, 6) is 0.804. The average Bonchev–Trinajstić information content (AvgIpc) is 3.14. The number of aromatic nitrogens is 1. The van der Waals surface area contributed by atoms with Crippen LogP contribution in [-0.4, -0.2) is 56.0 Å². The number of carbonyl (C=O) groups excluding carboxylic acids is 1. The number of aryl methyl sites for hydroxylation is 1. The lowest BCUT2D eigenvalue weighted by Gasteiger charge is -2.13. The average molecular weight is 388 g/mol.